The first kappa shape index (κ1) is 18.9. The molecule has 24 heavy (non-hydrogen) atoms. The molecule has 1 heterocycles. The van der Waals surface area contributed by atoms with Gasteiger partial charge in [0.05, 0.1) is 32.9 Å². The van der Waals surface area contributed by atoms with Crippen molar-refractivity contribution in [2.75, 3.05) is 5.32 Å². The second kappa shape index (κ2) is 7.62. The van der Waals surface area contributed by atoms with Gasteiger partial charge in [-0.1, -0.05) is 41.7 Å². The summed E-state index contributed by atoms with van der Waals surface area (Å²) in [4.78, 5) is 12.3. The maximum Gasteiger partial charge on any atom is 0.229 e. The summed E-state index contributed by atoms with van der Waals surface area (Å²) in [6.45, 7) is 3.40. The Bertz CT molecular complexity index is 826. The number of alkyl halides is 1. The van der Waals surface area contributed by atoms with Crippen LogP contribution in [0.3, 0.4) is 0 Å². The number of nitriles is 1. The number of halogens is 4. The number of aromatic nitrogens is 2. The van der Waals surface area contributed by atoms with Gasteiger partial charge in [-0.15, -0.1) is 11.6 Å². The Morgan fingerprint density at radius 1 is 1.29 bits per heavy atom. The lowest BCUT2D eigenvalue weighted by Crippen LogP contribution is -2.27. The number of nitrogens with one attached hydrogen (secondary N) is 1. The highest BCUT2D eigenvalue weighted by molar-refractivity contribution is 6.48. The quantitative estimate of drug-likeness (QED) is 0.580. The van der Waals surface area contributed by atoms with Crippen molar-refractivity contribution in [3.63, 3.8) is 0 Å². The van der Waals surface area contributed by atoms with Gasteiger partial charge in [0, 0.05) is 5.38 Å². The molecule has 0 radical (unpaired) electrons. The molecular weight excluding hydrogens is 394 g/mol. The minimum absolute atomic E-state index is 0.157. The second-order valence-corrected chi connectivity index (χ2v) is 6.93. The summed E-state index contributed by atoms with van der Waals surface area (Å²) in [6, 6.07) is 5.11. The number of carbonyl (C=O) groups excluding carboxylic acids is 1. The van der Waals surface area contributed by atoms with Gasteiger partial charge in [-0.2, -0.15) is 10.4 Å². The zero-order chi connectivity index (χ0) is 18.0. The Morgan fingerprint density at radius 3 is 2.54 bits per heavy atom. The highest BCUT2D eigenvalue weighted by Gasteiger charge is 2.23. The normalized spacial score (nSPS) is 13.2. The molecule has 0 aliphatic heterocycles. The van der Waals surface area contributed by atoms with Crippen LogP contribution in [0.4, 0.5) is 5.82 Å². The molecule has 0 saturated carbocycles. The average molecular weight is 406 g/mol. The van der Waals surface area contributed by atoms with E-state index in [-0.39, 0.29) is 37.7 Å². The van der Waals surface area contributed by atoms with Crippen LogP contribution >= 0.6 is 46.4 Å². The number of rotatable bonds is 4. The lowest BCUT2D eigenvalue weighted by molar-refractivity contribution is -0.119. The van der Waals surface area contributed by atoms with Gasteiger partial charge in [0.15, 0.2) is 5.82 Å². The summed E-state index contributed by atoms with van der Waals surface area (Å²) in [5.41, 5.74) is 0.564. The number of amides is 1. The number of hydrogen-bond acceptors (Lipinski definition) is 3. The Hall–Kier alpha value is -1.45. The highest BCUT2D eigenvalue weighted by Crippen LogP contribution is 2.36. The fraction of sp³-hybridized carbons (Fsp3) is 0.267. The minimum Gasteiger partial charge on any atom is -0.309 e. The molecule has 2 aromatic rings. The van der Waals surface area contributed by atoms with E-state index in [1.54, 1.807) is 26.0 Å². The van der Waals surface area contributed by atoms with E-state index in [0.717, 1.165) is 0 Å². The Balaban J connectivity index is 2.51. The summed E-state index contributed by atoms with van der Waals surface area (Å²) in [5.74, 6) is -0.621. The van der Waals surface area contributed by atoms with Crippen LogP contribution in [0, 0.1) is 17.2 Å². The molecule has 1 aromatic carbocycles. The van der Waals surface area contributed by atoms with E-state index < -0.39 is 5.92 Å². The van der Waals surface area contributed by atoms with Crippen LogP contribution < -0.4 is 5.32 Å². The maximum absolute atomic E-state index is 12.3. The van der Waals surface area contributed by atoms with Crippen molar-refractivity contribution in [3.8, 4) is 11.8 Å². The first-order valence-electron chi connectivity index (χ1n) is 6.84. The lowest BCUT2D eigenvalue weighted by atomic mass is 10.1. The van der Waals surface area contributed by atoms with Gasteiger partial charge in [-0.3, -0.25) is 4.79 Å². The number of anilines is 1. The summed E-state index contributed by atoms with van der Waals surface area (Å²) in [5, 5.41) is 16.3. The summed E-state index contributed by atoms with van der Waals surface area (Å²) in [7, 11) is 0. The molecule has 0 fully saturated rings. The molecule has 2 unspecified atom stereocenters. The van der Waals surface area contributed by atoms with Crippen molar-refractivity contribution >= 4 is 58.1 Å². The SMILES string of the molecule is CC(Cl)C(C)C(=O)Nc1c(C#N)cnn1-c1ccc(Cl)c(Cl)c1Cl. The molecule has 0 aliphatic carbocycles. The molecule has 1 N–H and O–H groups in total. The molecule has 126 valence electrons. The van der Waals surface area contributed by atoms with Gasteiger partial charge in [-0.25, -0.2) is 4.68 Å². The van der Waals surface area contributed by atoms with E-state index in [1.165, 1.54) is 10.9 Å². The fourth-order valence-electron chi connectivity index (χ4n) is 1.85. The minimum atomic E-state index is -0.467. The fourth-order valence-corrected chi connectivity index (χ4v) is 2.58. The van der Waals surface area contributed by atoms with Gasteiger partial charge >= 0.3 is 0 Å². The number of hydrogen-bond donors (Lipinski definition) is 1. The molecule has 2 atom stereocenters. The predicted molar refractivity (Wildman–Crippen MR) is 96.4 cm³/mol. The van der Waals surface area contributed by atoms with Crippen molar-refractivity contribution in [2.24, 2.45) is 5.92 Å². The summed E-state index contributed by atoms with van der Waals surface area (Å²) < 4.78 is 1.33. The molecule has 0 spiro atoms. The van der Waals surface area contributed by atoms with Gasteiger partial charge in [0.2, 0.25) is 5.91 Å². The Labute approximate surface area is 159 Å². The largest absolute Gasteiger partial charge is 0.309 e. The second-order valence-electron chi connectivity index (χ2n) is 5.08. The van der Waals surface area contributed by atoms with E-state index in [2.05, 4.69) is 10.4 Å². The van der Waals surface area contributed by atoms with E-state index in [0.29, 0.717) is 5.69 Å². The van der Waals surface area contributed by atoms with Gasteiger partial charge < -0.3 is 5.32 Å². The van der Waals surface area contributed by atoms with Crippen molar-refractivity contribution in [1.82, 2.24) is 9.78 Å². The number of carbonyl (C=O) groups is 1. The molecule has 0 aliphatic rings. The maximum atomic E-state index is 12.3. The molecule has 5 nitrogen and oxygen atoms in total. The third-order valence-corrected chi connectivity index (χ3v) is 5.14. The molecular formula is C15H12Cl4N4O. The Kier molecular flexibility index (Phi) is 6.00. The van der Waals surface area contributed by atoms with Gasteiger partial charge in [-0.05, 0) is 19.1 Å². The van der Waals surface area contributed by atoms with Crippen LogP contribution in [0.15, 0.2) is 18.3 Å². The predicted octanol–water partition coefficient (Wildman–Crippen LogP) is 4.91. The van der Waals surface area contributed by atoms with Crippen molar-refractivity contribution in [3.05, 3.63) is 39.0 Å². The monoisotopic (exact) mass is 404 g/mol. The van der Waals surface area contributed by atoms with E-state index in [1.807, 2.05) is 6.07 Å². The van der Waals surface area contributed by atoms with Crippen molar-refractivity contribution < 1.29 is 4.79 Å². The Morgan fingerprint density at radius 2 is 1.96 bits per heavy atom. The average Bonchev–Trinajstić information content (AvgIpc) is 2.94. The van der Waals surface area contributed by atoms with Crippen LogP contribution in [-0.4, -0.2) is 21.1 Å². The van der Waals surface area contributed by atoms with Crippen LogP contribution in [-0.2, 0) is 4.79 Å². The summed E-state index contributed by atoms with van der Waals surface area (Å²) in [6.07, 6.45) is 1.32. The first-order valence-corrected chi connectivity index (χ1v) is 8.41. The molecule has 0 bridgehead atoms. The van der Waals surface area contributed by atoms with Crippen LogP contribution in [0.25, 0.3) is 5.69 Å². The van der Waals surface area contributed by atoms with Crippen molar-refractivity contribution in [1.29, 1.82) is 5.26 Å². The van der Waals surface area contributed by atoms with E-state index in [9.17, 15) is 10.1 Å². The topological polar surface area (TPSA) is 70.7 Å². The van der Waals surface area contributed by atoms with Crippen molar-refractivity contribution in [2.45, 2.75) is 19.2 Å². The molecule has 0 saturated heterocycles. The molecule has 2 rings (SSSR count). The third-order valence-electron chi connectivity index (χ3n) is 3.48. The van der Waals surface area contributed by atoms with Crippen LogP contribution in [0.1, 0.15) is 19.4 Å². The first-order chi connectivity index (χ1) is 11.3. The zero-order valence-electron chi connectivity index (χ0n) is 12.6. The molecule has 1 amide bonds. The van der Waals surface area contributed by atoms with Gasteiger partial charge in [0.25, 0.3) is 0 Å². The number of benzene rings is 1. The highest BCUT2D eigenvalue weighted by atomic mass is 35.5. The van der Waals surface area contributed by atoms with E-state index in [4.69, 9.17) is 46.4 Å². The standard InChI is InChI=1S/C15H12Cl4N4O/c1-7(8(2)16)15(24)22-14-9(5-20)6-21-23(14)11-4-3-10(17)12(18)13(11)19/h3-4,6-8H,1-2H3,(H,22,24). The third kappa shape index (κ3) is 3.62. The number of nitrogens with zero attached hydrogens (tertiary/aromatic N) is 3. The lowest BCUT2D eigenvalue weighted by Gasteiger charge is -2.16. The van der Waals surface area contributed by atoms with Crippen LogP contribution in [0.2, 0.25) is 15.1 Å². The molecule has 9 heteroatoms. The van der Waals surface area contributed by atoms with Gasteiger partial charge in [0.1, 0.15) is 11.6 Å². The van der Waals surface area contributed by atoms with E-state index >= 15 is 0 Å². The smallest absolute Gasteiger partial charge is 0.229 e. The van der Waals surface area contributed by atoms with Crippen LogP contribution in [0.5, 0.6) is 0 Å². The zero-order valence-corrected chi connectivity index (χ0v) is 15.7. The summed E-state index contributed by atoms with van der Waals surface area (Å²) >= 11 is 24.1. The molecule has 1 aromatic heterocycles.